The summed E-state index contributed by atoms with van der Waals surface area (Å²) in [5, 5.41) is 7.64. The summed E-state index contributed by atoms with van der Waals surface area (Å²) in [4.78, 5) is 18.2. The van der Waals surface area contributed by atoms with Gasteiger partial charge >= 0.3 is 0 Å². The largest absolute Gasteiger partial charge is 0.396 e. The molecule has 0 aromatic heterocycles. The third-order valence-corrected chi connectivity index (χ3v) is 9.03. The van der Waals surface area contributed by atoms with Crippen LogP contribution >= 0.6 is 0 Å². The van der Waals surface area contributed by atoms with Gasteiger partial charge in [0.2, 0.25) is 0 Å². The average Bonchev–Trinajstić information content (AvgIpc) is 2.97. The molecule has 4 aliphatic rings. The van der Waals surface area contributed by atoms with Crippen LogP contribution in [0, 0.1) is 34.5 Å². The van der Waals surface area contributed by atoms with Gasteiger partial charge in [-0.25, -0.2) is 0 Å². The van der Waals surface area contributed by atoms with Gasteiger partial charge in [-0.05, 0) is 94.0 Å². The fourth-order valence-corrected chi connectivity index (χ4v) is 7.24. The van der Waals surface area contributed by atoms with E-state index in [2.05, 4.69) is 30.9 Å². The molecular weight excluding hydrogens is 348 g/mol. The first-order valence-electron chi connectivity index (χ1n) is 11.4. The summed E-state index contributed by atoms with van der Waals surface area (Å²) in [6.45, 7) is 11.0. The Kier molecular flexibility index (Phi) is 5.45. The number of rotatable bonds is 5. The Balaban J connectivity index is 1.47. The van der Waals surface area contributed by atoms with Crippen LogP contribution < -0.4 is 5.32 Å². The minimum absolute atomic E-state index is 0.0736. The van der Waals surface area contributed by atoms with E-state index in [9.17, 15) is 4.79 Å². The lowest BCUT2D eigenvalue weighted by atomic mass is 9.44. The maximum atomic E-state index is 12.6. The Labute approximate surface area is 170 Å². The maximum absolute atomic E-state index is 12.6. The van der Waals surface area contributed by atoms with Crippen molar-refractivity contribution in [1.82, 2.24) is 5.32 Å². The summed E-state index contributed by atoms with van der Waals surface area (Å²) in [7, 11) is 1.96. The van der Waals surface area contributed by atoms with E-state index in [1.54, 1.807) is 0 Å². The van der Waals surface area contributed by atoms with E-state index in [0.29, 0.717) is 41.5 Å². The number of hydrogen-bond donors (Lipinski definition) is 1. The third kappa shape index (κ3) is 3.16. The zero-order chi connectivity index (χ0) is 19.9. The van der Waals surface area contributed by atoms with E-state index >= 15 is 0 Å². The normalized spacial score (nSPS) is 44.2. The molecular formula is C24H38N2O2. The molecule has 6 atom stereocenters. The number of allylic oxidation sites excluding steroid dienone is 1. The van der Waals surface area contributed by atoms with Crippen LogP contribution in [0.3, 0.4) is 0 Å². The molecule has 0 radical (unpaired) electrons. The fraction of sp³-hybridized carbons (Fsp3) is 0.833. The first-order valence-corrected chi connectivity index (χ1v) is 11.4. The lowest BCUT2D eigenvalue weighted by Crippen LogP contribution is -2.54. The molecule has 1 N–H and O–H groups in total. The SMILES string of the molecule is C=C1CC2C/C(=N\OCCCNC)CC[C@]2(C)[C@H]2CC[C@]3(C)C(=O)CC[C@H]3[C@H]12. The van der Waals surface area contributed by atoms with Crippen LogP contribution in [0.15, 0.2) is 17.3 Å². The number of carbonyl (C=O) groups is 1. The smallest absolute Gasteiger partial charge is 0.139 e. The number of fused-ring (bicyclic) bond motifs is 5. The minimum Gasteiger partial charge on any atom is -0.396 e. The van der Waals surface area contributed by atoms with Gasteiger partial charge in [-0.2, -0.15) is 0 Å². The number of Topliss-reactive ketones (excluding diaryl/α,β-unsaturated/α-hetero) is 1. The highest BCUT2D eigenvalue weighted by Crippen LogP contribution is 2.66. The van der Waals surface area contributed by atoms with E-state index in [4.69, 9.17) is 4.84 Å². The molecule has 4 fully saturated rings. The van der Waals surface area contributed by atoms with Gasteiger partial charge in [0.25, 0.3) is 0 Å². The van der Waals surface area contributed by atoms with Crippen LogP contribution in [0.2, 0.25) is 0 Å². The second kappa shape index (κ2) is 7.59. The molecule has 28 heavy (non-hydrogen) atoms. The summed E-state index contributed by atoms with van der Waals surface area (Å²) < 4.78 is 0. The monoisotopic (exact) mass is 386 g/mol. The second-order valence-corrected chi connectivity index (χ2v) is 10.4. The van der Waals surface area contributed by atoms with Crippen LogP contribution in [0.1, 0.15) is 71.6 Å². The van der Waals surface area contributed by atoms with Crippen LogP contribution in [0.25, 0.3) is 0 Å². The van der Waals surface area contributed by atoms with Gasteiger partial charge in [0, 0.05) is 11.8 Å². The van der Waals surface area contributed by atoms with Gasteiger partial charge < -0.3 is 10.2 Å². The fourth-order valence-electron chi connectivity index (χ4n) is 7.24. The molecule has 0 bridgehead atoms. The first kappa shape index (κ1) is 20.1. The zero-order valence-electron chi connectivity index (χ0n) is 18.1. The van der Waals surface area contributed by atoms with E-state index in [0.717, 1.165) is 51.5 Å². The molecule has 0 aromatic carbocycles. The topological polar surface area (TPSA) is 50.7 Å². The highest BCUT2D eigenvalue weighted by molar-refractivity contribution is 5.87. The van der Waals surface area contributed by atoms with Gasteiger partial charge in [0.1, 0.15) is 12.4 Å². The van der Waals surface area contributed by atoms with E-state index in [1.165, 1.54) is 24.1 Å². The van der Waals surface area contributed by atoms with Gasteiger partial charge in [-0.15, -0.1) is 0 Å². The van der Waals surface area contributed by atoms with Gasteiger partial charge in [-0.1, -0.05) is 31.2 Å². The lowest BCUT2D eigenvalue weighted by Gasteiger charge is -2.60. The minimum atomic E-state index is -0.0736. The highest BCUT2D eigenvalue weighted by atomic mass is 16.6. The van der Waals surface area contributed by atoms with Crippen LogP contribution in [0.5, 0.6) is 0 Å². The van der Waals surface area contributed by atoms with E-state index in [1.807, 2.05) is 7.05 Å². The summed E-state index contributed by atoms with van der Waals surface area (Å²) in [5.41, 5.74) is 2.96. The summed E-state index contributed by atoms with van der Waals surface area (Å²) in [6.07, 6.45) is 9.60. The molecule has 4 saturated carbocycles. The Morgan fingerprint density at radius 3 is 2.79 bits per heavy atom. The standard InChI is InChI=1S/C24H38N2O2/c1-16-14-17-15-18(26-28-13-5-12-25-4)8-10-23(17,2)20-9-11-24(3)19(22(16)20)6-7-21(24)27/h17,19-20,22,25H,1,5-15H2,2-4H3/b26-18-/t17?,19-,20-,22-,23-,24-/m0/s1. The van der Waals surface area contributed by atoms with Crippen molar-refractivity contribution in [3.63, 3.8) is 0 Å². The molecule has 4 rings (SSSR count). The lowest BCUT2D eigenvalue weighted by molar-refractivity contribution is -0.133. The second-order valence-electron chi connectivity index (χ2n) is 10.4. The van der Waals surface area contributed by atoms with Crippen molar-refractivity contribution in [3.05, 3.63) is 12.2 Å². The van der Waals surface area contributed by atoms with Crippen molar-refractivity contribution in [2.45, 2.75) is 71.6 Å². The molecule has 0 heterocycles. The zero-order valence-corrected chi connectivity index (χ0v) is 18.1. The Morgan fingerprint density at radius 1 is 1.18 bits per heavy atom. The number of carbonyl (C=O) groups excluding carboxylic acids is 1. The van der Waals surface area contributed by atoms with Gasteiger partial charge in [0.15, 0.2) is 0 Å². The van der Waals surface area contributed by atoms with Crippen molar-refractivity contribution in [3.8, 4) is 0 Å². The summed E-state index contributed by atoms with van der Waals surface area (Å²) >= 11 is 0. The Morgan fingerprint density at radius 2 is 2.00 bits per heavy atom. The number of oxime groups is 1. The number of ketones is 1. The van der Waals surface area contributed by atoms with Gasteiger partial charge in [-0.3, -0.25) is 4.79 Å². The Hall–Kier alpha value is -1.16. The number of hydrogen-bond acceptors (Lipinski definition) is 4. The molecule has 1 unspecified atom stereocenters. The van der Waals surface area contributed by atoms with Crippen LogP contribution in [-0.2, 0) is 9.63 Å². The predicted molar refractivity (Wildman–Crippen MR) is 113 cm³/mol. The molecule has 4 heteroatoms. The van der Waals surface area contributed by atoms with Crippen molar-refractivity contribution in [2.75, 3.05) is 20.2 Å². The first-order chi connectivity index (χ1) is 13.4. The summed E-state index contributed by atoms with van der Waals surface area (Å²) in [5.74, 6) is 2.94. The molecule has 0 aliphatic heterocycles. The quantitative estimate of drug-likeness (QED) is 0.421. The highest BCUT2D eigenvalue weighted by Gasteiger charge is 2.61. The van der Waals surface area contributed by atoms with Crippen molar-refractivity contribution in [2.24, 2.45) is 39.7 Å². The average molecular weight is 387 g/mol. The van der Waals surface area contributed by atoms with E-state index in [-0.39, 0.29) is 5.41 Å². The van der Waals surface area contributed by atoms with Gasteiger partial charge in [0.05, 0.1) is 5.71 Å². The molecule has 0 aromatic rings. The molecule has 156 valence electrons. The van der Waals surface area contributed by atoms with Crippen molar-refractivity contribution < 1.29 is 9.63 Å². The molecule has 4 aliphatic carbocycles. The van der Waals surface area contributed by atoms with Crippen LogP contribution in [0.4, 0.5) is 0 Å². The number of nitrogens with zero attached hydrogens (tertiary/aromatic N) is 1. The maximum Gasteiger partial charge on any atom is 0.139 e. The Bertz CT molecular complexity index is 672. The molecule has 0 saturated heterocycles. The molecule has 0 spiro atoms. The van der Waals surface area contributed by atoms with E-state index < -0.39 is 0 Å². The van der Waals surface area contributed by atoms with Crippen molar-refractivity contribution >= 4 is 11.5 Å². The third-order valence-electron chi connectivity index (χ3n) is 9.03. The van der Waals surface area contributed by atoms with Crippen LogP contribution in [-0.4, -0.2) is 31.7 Å². The predicted octanol–water partition coefficient (Wildman–Crippen LogP) is 4.75. The van der Waals surface area contributed by atoms with Crippen molar-refractivity contribution in [1.29, 1.82) is 0 Å². The summed E-state index contributed by atoms with van der Waals surface area (Å²) in [6, 6.07) is 0. The molecule has 0 amide bonds. The number of nitrogens with one attached hydrogen (secondary N) is 1. The molecule has 4 nitrogen and oxygen atoms in total.